The molecule has 0 aromatic heterocycles. The molecule has 1 aromatic rings. The van der Waals surface area contributed by atoms with E-state index in [4.69, 9.17) is 5.11 Å². The van der Waals surface area contributed by atoms with Crippen LogP contribution < -0.4 is 10.6 Å². The van der Waals surface area contributed by atoms with Gasteiger partial charge in [0.1, 0.15) is 0 Å². The minimum Gasteiger partial charge on any atom is -0.465 e. The molecule has 1 aromatic carbocycles. The zero-order valence-corrected chi connectivity index (χ0v) is 10.6. The number of hydrogen-bond acceptors (Lipinski definition) is 2. The summed E-state index contributed by atoms with van der Waals surface area (Å²) in [6, 6.07) is 9.19. The molecule has 1 aliphatic rings. The van der Waals surface area contributed by atoms with Crippen molar-refractivity contribution in [2.45, 2.75) is 31.7 Å². The Morgan fingerprint density at radius 3 is 2.58 bits per heavy atom. The van der Waals surface area contributed by atoms with Crippen LogP contribution in [0.5, 0.6) is 0 Å². The lowest BCUT2D eigenvalue weighted by molar-refractivity contribution is -0.121. The lowest BCUT2D eigenvalue weighted by atomic mass is 9.85. The molecule has 0 bridgehead atoms. The number of carboxylic acid groups (broad SMARTS) is 1. The zero-order valence-electron chi connectivity index (χ0n) is 10.6. The fourth-order valence-electron chi connectivity index (χ4n) is 2.50. The summed E-state index contributed by atoms with van der Waals surface area (Å²) < 4.78 is 0. The summed E-state index contributed by atoms with van der Waals surface area (Å²) in [5, 5.41) is 14.1. The van der Waals surface area contributed by atoms with Crippen LogP contribution in [0.15, 0.2) is 30.3 Å². The van der Waals surface area contributed by atoms with Crippen molar-refractivity contribution in [3.63, 3.8) is 0 Å². The van der Waals surface area contributed by atoms with E-state index in [2.05, 4.69) is 10.6 Å². The number of amides is 2. The van der Waals surface area contributed by atoms with Gasteiger partial charge < -0.3 is 15.7 Å². The molecular weight excluding hydrogens is 244 g/mol. The zero-order chi connectivity index (χ0) is 13.7. The number of carbonyl (C=O) groups is 2. The van der Waals surface area contributed by atoms with Gasteiger partial charge in [0.05, 0.1) is 0 Å². The van der Waals surface area contributed by atoms with Crippen LogP contribution in [0.4, 0.5) is 10.5 Å². The van der Waals surface area contributed by atoms with Gasteiger partial charge in [-0.1, -0.05) is 24.6 Å². The maximum Gasteiger partial charge on any atom is 0.404 e. The molecule has 5 heteroatoms. The largest absolute Gasteiger partial charge is 0.465 e. The Kier molecular flexibility index (Phi) is 4.39. The first-order chi connectivity index (χ1) is 9.15. The highest BCUT2D eigenvalue weighted by Gasteiger charge is 2.28. The third-order valence-corrected chi connectivity index (χ3v) is 3.41. The second kappa shape index (κ2) is 6.22. The summed E-state index contributed by atoms with van der Waals surface area (Å²) in [6.07, 6.45) is 2.05. The molecule has 0 radical (unpaired) electrons. The highest BCUT2D eigenvalue weighted by Crippen LogP contribution is 2.25. The maximum atomic E-state index is 12.1. The Hall–Kier alpha value is -2.04. The molecule has 2 amide bonds. The van der Waals surface area contributed by atoms with Crippen LogP contribution in [0.3, 0.4) is 0 Å². The molecule has 1 saturated carbocycles. The Balaban J connectivity index is 1.90. The van der Waals surface area contributed by atoms with E-state index in [0.717, 1.165) is 24.9 Å². The number of rotatable bonds is 3. The Labute approximate surface area is 112 Å². The van der Waals surface area contributed by atoms with E-state index < -0.39 is 6.09 Å². The van der Waals surface area contributed by atoms with Crippen LogP contribution in [0.2, 0.25) is 0 Å². The first-order valence-corrected chi connectivity index (χ1v) is 6.50. The smallest absolute Gasteiger partial charge is 0.404 e. The average Bonchev–Trinajstić information content (AvgIpc) is 2.39. The third kappa shape index (κ3) is 3.98. The van der Waals surface area contributed by atoms with Crippen molar-refractivity contribution in [2.75, 3.05) is 5.32 Å². The molecule has 1 fully saturated rings. The Bertz CT molecular complexity index is 447. The molecule has 5 nitrogen and oxygen atoms in total. The van der Waals surface area contributed by atoms with Gasteiger partial charge in [0.2, 0.25) is 5.91 Å². The normalized spacial score (nSPS) is 22.5. The second-order valence-corrected chi connectivity index (χ2v) is 4.87. The van der Waals surface area contributed by atoms with Crippen LogP contribution in [0, 0.1) is 5.92 Å². The predicted octanol–water partition coefficient (Wildman–Crippen LogP) is 2.45. The number of nitrogens with one attached hydrogen (secondary N) is 2. The average molecular weight is 262 g/mol. The number of carbonyl (C=O) groups excluding carboxylic acids is 1. The molecule has 2 atom stereocenters. The standard InChI is InChI=1S/C14H18N2O3/c17-13(15-11-6-2-1-3-7-11)10-5-4-8-12(9-10)16-14(18)19/h1-3,6-7,10,12,16H,4-5,8-9H2,(H,15,17)(H,18,19)/t10-,12+/m1/s1. The lowest BCUT2D eigenvalue weighted by Gasteiger charge is -2.28. The number of benzene rings is 1. The highest BCUT2D eigenvalue weighted by molar-refractivity contribution is 5.92. The van der Waals surface area contributed by atoms with Gasteiger partial charge in [-0.2, -0.15) is 0 Å². The summed E-state index contributed by atoms with van der Waals surface area (Å²) in [7, 11) is 0. The fourth-order valence-corrected chi connectivity index (χ4v) is 2.50. The molecule has 0 unspecified atom stereocenters. The summed E-state index contributed by atoms with van der Waals surface area (Å²) in [4.78, 5) is 22.7. The topological polar surface area (TPSA) is 78.4 Å². The third-order valence-electron chi connectivity index (χ3n) is 3.41. The Morgan fingerprint density at radius 2 is 1.89 bits per heavy atom. The molecule has 1 aliphatic carbocycles. The first kappa shape index (κ1) is 13.4. The van der Waals surface area contributed by atoms with Gasteiger partial charge in [-0.05, 0) is 31.4 Å². The van der Waals surface area contributed by atoms with E-state index in [1.165, 1.54) is 0 Å². The molecule has 102 valence electrons. The fraction of sp³-hybridized carbons (Fsp3) is 0.429. The molecule has 0 spiro atoms. The summed E-state index contributed by atoms with van der Waals surface area (Å²) in [5.74, 6) is -0.145. The van der Waals surface area contributed by atoms with Crippen molar-refractivity contribution in [3.8, 4) is 0 Å². The molecule has 19 heavy (non-hydrogen) atoms. The number of hydrogen-bond donors (Lipinski definition) is 3. The van der Waals surface area contributed by atoms with Crippen molar-refractivity contribution < 1.29 is 14.7 Å². The van der Waals surface area contributed by atoms with Crippen LogP contribution in [0.1, 0.15) is 25.7 Å². The molecular formula is C14H18N2O3. The molecule has 3 N–H and O–H groups in total. The van der Waals surface area contributed by atoms with Crippen molar-refractivity contribution in [1.82, 2.24) is 5.32 Å². The van der Waals surface area contributed by atoms with Crippen LogP contribution in [0.25, 0.3) is 0 Å². The molecule has 0 heterocycles. The number of anilines is 1. The van der Waals surface area contributed by atoms with Crippen molar-refractivity contribution in [3.05, 3.63) is 30.3 Å². The van der Waals surface area contributed by atoms with E-state index in [1.54, 1.807) is 0 Å². The van der Waals surface area contributed by atoms with Crippen molar-refractivity contribution in [2.24, 2.45) is 5.92 Å². The van der Waals surface area contributed by atoms with Crippen molar-refractivity contribution >= 4 is 17.7 Å². The van der Waals surface area contributed by atoms with E-state index in [-0.39, 0.29) is 17.9 Å². The van der Waals surface area contributed by atoms with Gasteiger partial charge in [0.25, 0.3) is 0 Å². The van der Waals surface area contributed by atoms with E-state index in [1.807, 2.05) is 30.3 Å². The lowest BCUT2D eigenvalue weighted by Crippen LogP contribution is -2.40. The van der Waals surface area contributed by atoms with Gasteiger partial charge in [0.15, 0.2) is 0 Å². The van der Waals surface area contributed by atoms with Crippen molar-refractivity contribution in [1.29, 1.82) is 0 Å². The second-order valence-electron chi connectivity index (χ2n) is 4.87. The van der Waals surface area contributed by atoms with Crippen LogP contribution in [-0.4, -0.2) is 23.1 Å². The van der Waals surface area contributed by atoms with Crippen LogP contribution >= 0.6 is 0 Å². The van der Waals surface area contributed by atoms with E-state index in [0.29, 0.717) is 6.42 Å². The SMILES string of the molecule is O=C(O)N[C@H]1CCC[C@@H](C(=O)Nc2ccccc2)C1. The summed E-state index contributed by atoms with van der Waals surface area (Å²) in [5.41, 5.74) is 0.779. The monoisotopic (exact) mass is 262 g/mol. The molecule has 0 saturated heterocycles. The van der Waals surface area contributed by atoms with Gasteiger partial charge in [0, 0.05) is 17.6 Å². The van der Waals surface area contributed by atoms with Gasteiger partial charge >= 0.3 is 6.09 Å². The van der Waals surface area contributed by atoms with Gasteiger partial charge in [-0.3, -0.25) is 4.79 Å². The quantitative estimate of drug-likeness (QED) is 0.783. The summed E-state index contributed by atoms with van der Waals surface area (Å²) >= 11 is 0. The molecule has 2 rings (SSSR count). The van der Waals surface area contributed by atoms with Gasteiger partial charge in [-0.15, -0.1) is 0 Å². The van der Waals surface area contributed by atoms with E-state index in [9.17, 15) is 9.59 Å². The number of para-hydroxylation sites is 1. The molecule has 0 aliphatic heterocycles. The van der Waals surface area contributed by atoms with Gasteiger partial charge in [-0.25, -0.2) is 4.79 Å². The Morgan fingerprint density at radius 1 is 1.16 bits per heavy atom. The summed E-state index contributed by atoms with van der Waals surface area (Å²) in [6.45, 7) is 0. The first-order valence-electron chi connectivity index (χ1n) is 6.50. The minimum absolute atomic E-state index is 0.0249. The van der Waals surface area contributed by atoms with Crippen LogP contribution in [-0.2, 0) is 4.79 Å². The maximum absolute atomic E-state index is 12.1. The predicted molar refractivity (Wildman–Crippen MR) is 72.0 cm³/mol. The minimum atomic E-state index is -1.02. The highest BCUT2D eigenvalue weighted by atomic mass is 16.4. The van der Waals surface area contributed by atoms with E-state index >= 15 is 0 Å².